The highest BCUT2D eigenvalue weighted by Crippen LogP contribution is 2.29. The molecule has 1 aliphatic rings. The van der Waals surface area contributed by atoms with Crippen molar-refractivity contribution in [2.24, 2.45) is 0 Å². The molecule has 0 saturated carbocycles. The number of hydrogen-bond acceptors (Lipinski definition) is 7. The van der Waals surface area contributed by atoms with Gasteiger partial charge < -0.3 is 14.8 Å². The van der Waals surface area contributed by atoms with Crippen LogP contribution >= 0.6 is 11.3 Å². The topological polar surface area (TPSA) is 106 Å². The molecule has 0 aromatic carbocycles. The molecule has 0 unspecified atom stereocenters. The van der Waals surface area contributed by atoms with Crippen molar-refractivity contribution in [2.45, 2.75) is 51.9 Å². The Bertz CT molecular complexity index is 864. The number of hydrogen-bond donors (Lipinski definition) is 1. The molecule has 0 radical (unpaired) electrons. The number of nitrogens with zero attached hydrogens (tertiary/aromatic N) is 6. The Hall–Kier alpha value is -2.57. The van der Waals surface area contributed by atoms with Crippen LogP contribution in [0.4, 0.5) is 18.3 Å². The second-order valence-electron chi connectivity index (χ2n) is 6.20. The highest BCUT2D eigenvalue weighted by molar-refractivity contribution is 7.15. The largest absolute Gasteiger partial charge is 0.451 e. The lowest BCUT2D eigenvalue weighted by Gasteiger charge is -2.28. The molecule has 0 atom stereocenters. The molecule has 0 spiro atoms. The molecular weight excluding hydrogens is 399 g/mol. The van der Waals surface area contributed by atoms with Crippen molar-refractivity contribution in [3.63, 3.8) is 0 Å². The first-order valence-corrected chi connectivity index (χ1v) is 9.49. The summed E-state index contributed by atoms with van der Waals surface area (Å²) in [5, 5.41) is 18.3. The fourth-order valence-corrected chi connectivity index (χ4v) is 3.62. The Balaban J connectivity index is 1.50. The van der Waals surface area contributed by atoms with Crippen LogP contribution in [-0.2, 0) is 35.3 Å². The van der Waals surface area contributed by atoms with Gasteiger partial charge >= 0.3 is 6.18 Å². The van der Waals surface area contributed by atoms with Gasteiger partial charge in [-0.15, -0.1) is 20.4 Å². The van der Waals surface area contributed by atoms with Crippen LogP contribution in [-0.4, -0.2) is 48.2 Å². The first-order valence-electron chi connectivity index (χ1n) is 8.67. The maximum atomic E-state index is 12.8. The number of fused-ring (bicyclic) bond motifs is 1. The monoisotopic (exact) mass is 417 g/mol. The third-order valence-corrected chi connectivity index (χ3v) is 5.00. The van der Waals surface area contributed by atoms with Gasteiger partial charge in [0.1, 0.15) is 5.01 Å². The summed E-state index contributed by atoms with van der Waals surface area (Å²) >= 11 is 1.29. The first-order chi connectivity index (χ1) is 13.3. The fraction of sp³-hybridized carbons (Fsp3) is 0.600. The summed E-state index contributed by atoms with van der Waals surface area (Å²) in [6.45, 7) is 2.00. The Morgan fingerprint density at radius 3 is 2.64 bits per heavy atom. The van der Waals surface area contributed by atoms with Crippen LogP contribution < -0.4 is 5.32 Å². The Morgan fingerprint density at radius 1 is 1.14 bits per heavy atom. The minimum Gasteiger partial charge on any atom is -0.333 e. The Morgan fingerprint density at radius 2 is 1.93 bits per heavy atom. The third kappa shape index (κ3) is 4.64. The summed E-state index contributed by atoms with van der Waals surface area (Å²) in [5.41, 5.74) is 0. The number of carbonyl (C=O) groups is 2. The summed E-state index contributed by atoms with van der Waals surface area (Å²) in [6, 6.07) is 0. The summed E-state index contributed by atoms with van der Waals surface area (Å²) in [7, 11) is 0. The Kier molecular flexibility index (Phi) is 5.91. The van der Waals surface area contributed by atoms with Gasteiger partial charge in [0.25, 0.3) is 0 Å². The lowest BCUT2D eigenvalue weighted by Crippen LogP contribution is -2.39. The van der Waals surface area contributed by atoms with E-state index in [1.807, 2.05) is 6.92 Å². The van der Waals surface area contributed by atoms with Crippen molar-refractivity contribution in [2.75, 3.05) is 11.9 Å². The number of halogens is 3. The molecular formula is C15H18F3N7O2S. The smallest absolute Gasteiger partial charge is 0.333 e. The molecule has 1 N–H and O–H groups in total. The summed E-state index contributed by atoms with van der Waals surface area (Å²) in [6.07, 6.45) is -3.00. The second-order valence-corrected chi connectivity index (χ2v) is 7.27. The SMILES string of the molecule is CCCc1nnc(NC(=O)CCC(=O)N2CCn3c(nnc3C(F)(F)F)C2)s1. The lowest BCUT2D eigenvalue weighted by atomic mass is 10.2. The van der Waals surface area contributed by atoms with Crippen LogP contribution in [0.25, 0.3) is 0 Å². The van der Waals surface area contributed by atoms with E-state index < -0.39 is 12.0 Å². The fourth-order valence-electron chi connectivity index (χ4n) is 2.76. The van der Waals surface area contributed by atoms with Gasteiger partial charge in [-0.1, -0.05) is 18.3 Å². The van der Waals surface area contributed by atoms with Crippen LogP contribution in [0.5, 0.6) is 0 Å². The maximum Gasteiger partial charge on any atom is 0.451 e. The van der Waals surface area contributed by atoms with Gasteiger partial charge in [-0.25, -0.2) is 0 Å². The summed E-state index contributed by atoms with van der Waals surface area (Å²) in [4.78, 5) is 25.7. The molecule has 3 rings (SSSR count). The van der Waals surface area contributed by atoms with E-state index >= 15 is 0 Å². The molecule has 0 aliphatic carbocycles. The minimum absolute atomic E-state index is 0.0416. The van der Waals surface area contributed by atoms with Crippen molar-refractivity contribution in [3.8, 4) is 0 Å². The second kappa shape index (κ2) is 8.20. The first kappa shape index (κ1) is 20.2. The molecule has 2 aromatic rings. The minimum atomic E-state index is -4.59. The molecule has 0 fully saturated rings. The normalized spacial score (nSPS) is 14.1. The van der Waals surface area contributed by atoms with Gasteiger partial charge in [-0.3, -0.25) is 9.59 Å². The highest BCUT2D eigenvalue weighted by atomic mass is 32.1. The molecule has 152 valence electrons. The van der Waals surface area contributed by atoms with Crippen LogP contribution in [0.3, 0.4) is 0 Å². The molecule has 2 aromatic heterocycles. The number of carbonyl (C=O) groups excluding carboxylic acids is 2. The number of nitrogens with one attached hydrogen (secondary N) is 1. The van der Waals surface area contributed by atoms with Crippen LogP contribution in [0.1, 0.15) is 42.8 Å². The number of alkyl halides is 3. The number of rotatable bonds is 6. The molecule has 3 heterocycles. The van der Waals surface area contributed by atoms with Crippen molar-refractivity contribution >= 4 is 28.3 Å². The number of aromatic nitrogens is 5. The third-order valence-electron chi connectivity index (χ3n) is 4.10. The van der Waals surface area contributed by atoms with Crippen molar-refractivity contribution in [3.05, 3.63) is 16.7 Å². The van der Waals surface area contributed by atoms with Gasteiger partial charge in [0.2, 0.25) is 22.8 Å². The molecule has 28 heavy (non-hydrogen) atoms. The lowest BCUT2D eigenvalue weighted by molar-refractivity contribution is -0.148. The van der Waals surface area contributed by atoms with E-state index in [4.69, 9.17) is 0 Å². The van der Waals surface area contributed by atoms with Gasteiger partial charge in [-0.2, -0.15) is 13.2 Å². The molecule has 0 saturated heterocycles. The average molecular weight is 417 g/mol. The van der Waals surface area contributed by atoms with Gasteiger partial charge in [0.05, 0.1) is 6.54 Å². The van der Waals surface area contributed by atoms with Gasteiger partial charge in [-0.05, 0) is 6.42 Å². The van der Waals surface area contributed by atoms with Crippen LogP contribution in [0, 0.1) is 0 Å². The van der Waals surface area contributed by atoms with Crippen molar-refractivity contribution < 1.29 is 22.8 Å². The molecule has 9 nitrogen and oxygen atoms in total. The predicted molar refractivity (Wildman–Crippen MR) is 92.2 cm³/mol. The van der Waals surface area contributed by atoms with E-state index in [1.54, 1.807) is 0 Å². The molecule has 0 bridgehead atoms. The Labute approximate surface area is 162 Å². The molecule has 1 aliphatic heterocycles. The van der Waals surface area contributed by atoms with Gasteiger partial charge in [0, 0.05) is 32.4 Å². The van der Waals surface area contributed by atoms with Crippen molar-refractivity contribution in [1.29, 1.82) is 0 Å². The zero-order chi connectivity index (χ0) is 20.3. The highest BCUT2D eigenvalue weighted by Gasteiger charge is 2.39. The summed E-state index contributed by atoms with van der Waals surface area (Å²) < 4.78 is 39.5. The van der Waals surface area contributed by atoms with Crippen LogP contribution in [0.15, 0.2) is 0 Å². The van der Waals surface area contributed by atoms with E-state index in [0.717, 1.165) is 22.4 Å². The van der Waals surface area contributed by atoms with E-state index in [2.05, 4.69) is 25.7 Å². The zero-order valence-electron chi connectivity index (χ0n) is 15.0. The average Bonchev–Trinajstić information content (AvgIpc) is 3.25. The standard InChI is InChI=1S/C15H18F3N7O2S/c1-2-3-11-21-23-14(28-11)19-10(26)4-5-12(27)24-6-7-25-9(8-24)20-22-13(25)15(16,17)18/h2-8H2,1H3,(H,19,23,26). The molecule has 13 heteroatoms. The van der Waals surface area contributed by atoms with Crippen molar-refractivity contribution in [1.82, 2.24) is 29.9 Å². The maximum absolute atomic E-state index is 12.8. The van der Waals surface area contributed by atoms with E-state index in [0.29, 0.717) is 5.13 Å². The van der Waals surface area contributed by atoms with Crippen LogP contribution in [0.2, 0.25) is 0 Å². The quantitative estimate of drug-likeness (QED) is 0.769. The zero-order valence-corrected chi connectivity index (χ0v) is 15.8. The molecule has 2 amide bonds. The van der Waals surface area contributed by atoms with E-state index in [-0.39, 0.29) is 50.1 Å². The number of amides is 2. The van der Waals surface area contributed by atoms with E-state index in [9.17, 15) is 22.8 Å². The summed E-state index contributed by atoms with van der Waals surface area (Å²) in [5.74, 6) is -1.68. The van der Waals surface area contributed by atoms with Gasteiger partial charge in [0.15, 0.2) is 5.82 Å². The number of aryl methyl sites for hydroxylation is 1. The van der Waals surface area contributed by atoms with E-state index in [1.165, 1.54) is 16.2 Å². The predicted octanol–water partition coefficient (Wildman–Crippen LogP) is 1.86. The number of anilines is 1.